The summed E-state index contributed by atoms with van der Waals surface area (Å²) in [6.45, 7) is 2.97. The summed E-state index contributed by atoms with van der Waals surface area (Å²) in [6.07, 6.45) is -2.57. The highest BCUT2D eigenvalue weighted by molar-refractivity contribution is 7.91. The van der Waals surface area contributed by atoms with E-state index in [0.29, 0.717) is 6.20 Å². The molecule has 35 heavy (non-hydrogen) atoms. The number of sulfone groups is 1. The van der Waals surface area contributed by atoms with E-state index in [9.17, 15) is 26.4 Å². The number of ether oxygens (including phenoxy) is 1. The van der Waals surface area contributed by atoms with Crippen LogP contribution in [0.25, 0.3) is 28.2 Å². The van der Waals surface area contributed by atoms with E-state index >= 15 is 0 Å². The molecule has 0 saturated carbocycles. The summed E-state index contributed by atoms with van der Waals surface area (Å²) >= 11 is 0. The van der Waals surface area contributed by atoms with Gasteiger partial charge in [-0.05, 0) is 19.1 Å². The molecule has 0 aliphatic heterocycles. The number of halogens is 3. The van der Waals surface area contributed by atoms with E-state index in [2.05, 4.69) is 25.4 Å². The van der Waals surface area contributed by atoms with Crippen molar-refractivity contribution < 1.29 is 31.1 Å². The van der Waals surface area contributed by atoms with Gasteiger partial charge in [-0.3, -0.25) is 0 Å². The average molecular weight is 511 g/mol. The largest absolute Gasteiger partial charge is 0.467 e. The van der Waals surface area contributed by atoms with E-state index in [4.69, 9.17) is 4.74 Å². The first-order chi connectivity index (χ1) is 16.4. The number of nitrogens with zero attached hydrogens (tertiary/aromatic N) is 6. The SMILES string of the molecule is CCS(=O)(=O)c1nn2c(N[C@@H](C)C(=O)OC)ccnc2c1-c1nc2cc(C(F)(F)F)cnc2n1C. The van der Waals surface area contributed by atoms with Crippen LogP contribution in [0.4, 0.5) is 19.0 Å². The number of anilines is 1. The molecule has 0 unspecified atom stereocenters. The van der Waals surface area contributed by atoms with Crippen LogP contribution in [0, 0.1) is 0 Å². The molecule has 186 valence electrons. The molecular weight excluding hydrogens is 491 g/mol. The summed E-state index contributed by atoms with van der Waals surface area (Å²) in [4.78, 5) is 24.3. The molecule has 15 heteroatoms. The van der Waals surface area contributed by atoms with Crippen molar-refractivity contribution in [3.8, 4) is 11.4 Å². The third kappa shape index (κ3) is 4.15. The van der Waals surface area contributed by atoms with Crippen molar-refractivity contribution >= 4 is 38.4 Å². The van der Waals surface area contributed by atoms with E-state index in [1.54, 1.807) is 6.92 Å². The Kier molecular flexibility index (Phi) is 5.91. The van der Waals surface area contributed by atoms with E-state index in [0.717, 1.165) is 6.07 Å². The first kappa shape index (κ1) is 24.4. The highest BCUT2D eigenvalue weighted by atomic mass is 32.2. The fourth-order valence-corrected chi connectivity index (χ4v) is 4.47. The molecule has 0 fully saturated rings. The predicted molar refractivity (Wildman–Crippen MR) is 118 cm³/mol. The van der Waals surface area contributed by atoms with Crippen LogP contribution in [0.1, 0.15) is 19.4 Å². The number of nitrogens with one attached hydrogen (secondary N) is 1. The highest BCUT2D eigenvalue weighted by Crippen LogP contribution is 2.35. The van der Waals surface area contributed by atoms with Crippen molar-refractivity contribution in [1.29, 1.82) is 0 Å². The number of esters is 1. The summed E-state index contributed by atoms with van der Waals surface area (Å²) in [6, 6.07) is 1.52. The van der Waals surface area contributed by atoms with Crippen LogP contribution >= 0.6 is 0 Å². The first-order valence-electron chi connectivity index (χ1n) is 10.2. The zero-order valence-corrected chi connectivity index (χ0v) is 19.8. The summed E-state index contributed by atoms with van der Waals surface area (Å²) in [5, 5.41) is 6.77. The number of hydrogen-bond donors (Lipinski definition) is 1. The van der Waals surface area contributed by atoms with E-state index < -0.39 is 33.6 Å². The lowest BCUT2D eigenvalue weighted by Crippen LogP contribution is -2.28. The van der Waals surface area contributed by atoms with Gasteiger partial charge in [0.2, 0.25) is 0 Å². The zero-order chi connectivity index (χ0) is 25.7. The second-order valence-corrected chi connectivity index (χ2v) is 9.79. The Morgan fingerprint density at radius 3 is 2.60 bits per heavy atom. The number of fused-ring (bicyclic) bond motifs is 2. The number of methoxy groups -OCH3 is 1. The predicted octanol–water partition coefficient (Wildman–Crippen LogP) is 2.46. The maximum Gasteiger partial charge on any atom is 0.417 e. The molecule has 0 saturated heterocycles. The minimum absolute atomic E-state index is 0.00437. The Morgan fingerprint density at radius 2 is 1.97 bits per heavy atom. The van der Waals surface area contributed by atoms with Gasteiger partial charge in [-0.1, -0.05) is 6.92 Å². The van der Waals surface area contributed by atoms with Crippen molar-refractivity contribution in [3.05, 3.63) is 30.1 Å². The van der Waals surface area contributed by atoms with Gasteiger partial charge < -0.3 is 14.6 Å². The summed E-state index contributed by atoms with van der Waals surface area (Å²) in [7, 11) is -1.21. The maximum absolute atomic E-state index is 13.2. The zero-order valence-electron chi connectivity index (χ0n) is 19.0. The third-order valence-electron chi connectivity index (χ3n) is 5.34. The number of hydrogen-bond acceptors (Lipinski definition) is 9. The van der Waals surface area contributed by atoms with Crippen LogP contribution in [0.15, 0.2) is 29.6 Å². The summed E-state index contributed by atoms with van der Waals surface area (Å²) < 4.78 is 72.8. The summed E-state index contributed by atoms with van der Waals surface area (Å²) in [5.74, 6) is -0.612. The fourth-order valence-electron chi connectivity index (χ4n) is 3.50. The minimum Gasteiger partial charge on any atom is -0.467 e. The Bertz CT molecular complexity index is 1560. The van der Waals surface area contributed by atoms with Crippen molar-refractivity contribution in [2.45, 2.75) is 31.1 Å². The minimum atomic E-state index is -4.63. The van der Waals surface area contributed by atoms with Gasteiger partial charge in [-0.15, -0.1) is 0 Å². The number of rotatable bonds is 6. The van der Waals surface area contributed by atoms with Crippen LogP contribution in [-0.4, -0.2) is 62.4 Å². The molecule has 0 amide bonds. The number of pyridine rings is 1. The van der Waals surface area contributed by atoms with Crippen LogP contribution < -0.4 is 5.32 Å². The molecule has 4 aromatic rings. The molecule has 1 N–H and O–H groups in total. The van der Waals surface area contributed by atoms with Crippen LogP contribution in [0.2, 0.25) is 0 Å². The summed E-state index contributed by atoms with van der Waals surface area (Å²) in [5.41, 5.74) is -0.896. The molecule has 1 atom stereocenters. The lowest BCUT2D eigenvalue weighted by Gasteiger charge is -2.13. The molecule has 4 rings (SSSR count). The molecule has 4 aromatic heterocycles. The topological polar surface area (TPSA) is 133 Å². The van der Waals surface area contributed by atoms with Gasteiger partial charge in [-0.2, -0.15) is 22.8 Å². The lowest BCUT2D eigenvalue weighted by molar-refractivity contribution is -0.141. The number of imidazole rings is 1. The number of aromatic nitrogens is 6. The maximum atomic E-state index is 13.2. The fraction of sp³-hybridized carbons (Fsp3) is 0.350. The number of aryl methyl sites for hydroxylation is 1. The van der Waals surface area contributed by atoms with Gasteiger partial charge in [0.15, 0.2) is 26.2 Å². The standard InChI is InChI=1S/C20H20F3N7O4S/c1-5-35(32,33)18-14(16-24-7-6-13(30(16)28-18)26-10(2)19(31)34-4)17-27-12-8-11(20(21,22)23)9-25-15(12)29(17)3/h6-10,26H,5H2,1-4H3/t10-/m0/s1. The number of carbonyl (C=O) groups excluding carboxylic acids is 1. The van der Waals surface area contributed by atoms with Gasteiger partial charge in [-0.25, -0.2) is 28.2 Å². The van der Waals surface area contributed by atoms with Crippen molar-refractivity contribution in [2.24, 2.45) is 7.05 Å². The van der Waals surface area contributed by atoms with Gasteiger partial charge in [0, 0.05) is 19.4 Å². The molecule has 0 aromatic carbocycles. The highest BCUT2D eigenvalue weighted by Gasteiger charge is 2.33. The Balaban J connectivity index is 2.00. The Labute approximate surface area is 196 Å². The Hall–Kier alpha value is -3.75. The van der Waals surface area contributed by atoms with E-state index in [1.807, 2.05) is 0 Å². The van der Waals surface area contributed by atoms with Crippen LogP contribution in [0.5, 0.6) is 0 Å². The third-order valence-corrected chi connectivity index (χ3v) is 6.98. The van der Waals surface area contributed by atoms with Gasteiger partial charge >= 0.3 is 12.1 Å². The second kappa shape index (κ2) is 8.48. The first-order valence-corrected chi connectivity index (χ1v) is 11.9. The molecule has 11 nitrogen and oxygen atoms in total. The lowest BCUT2D eigenvalue weighted by atomic mass is 10.2. The van der Waals surface area contributed by atoms with Crippen LogP contribution in [0.3, 0.4) is 0 Å². The van der Waals surface area contributed by atoms with Gasteiger partial charge in [0.25, 0.3) is 0 Å². The molecule has 0 bridgehead atoms. The molecule has 4 heterocycles. The van der Waals surface area contributed by atoms with Crippen molar-refractivity contribution in [2.75, 3.05) is 18.2 Å². The Morgan fingerprint density at radius 1 is 1.26 bits per heavy atom. The number of alkyl halides is 3. The second-order valence-electron chi connectivity index (χ2n) is 7.60. The van der Waals surface area contributed by atoms with Crippen LogP contribution in [-0.2, 0) is 32.6 Å². The quantitative estimate of drug-likeness (QED) is 0.388. The molecule has 0 spiro atoms. The smallest absolute Gasteiger partial charge is 0.417 e. The molecule has 0 aliphatic rings. The van der Waals surface area contributed by atoms with Gasteiger partial charge in [0.1, 0.15) is 28.8 Å². The monoisotopic (exact) mass is 511 g/mol. The van der Waals surface area contributed by atoms with E-state index in [1.165, 1.54) is 42.4 Å². The normalized spacial score (nSPS) is 13.3. The molecule has 0 radical (unpaired) electrons. The van der Waals surface area contributed by atoms with Gasteiger partial charge in [0.05, 0.1) is 18.4 Å². The molecule has 0 aliphatic carbocycles. The average Bonchev–Trinajstić information content (AvgIpc) is 3.36. The van der Waals surface area contributed by atoms with Crippen molar-refractivity contribution in [1.82, 2.24) is 29.1 Å². The van der Waals surface area contributed by atoms with Crippen molar-refractivity contribution in [3.63, 3.8) is 0 Å². The number of carbonyl (C=O) groups is 1. The molecular formula is C20H20F3N7O4S. The van der Waals surface area contributed by atoms with E-state index in [-0.39, 0.29) is 44.8 Å².